The summed E-state index contributed by atoms with van der Waals surface area (Å²) in [4.78, 5) is 13.8. The van der Waals surface area contributed by atoms with E-state index in [4.69, 9.17) is 0 Å². The molecule has 2 saturated heterocycles. The zero-order valence-corrected chi connectivity index (χ0v) is 11.5. The SMILES string of the molecule is CC1CS(=O)(=O)CCN1C(=O)C1CCNC1.Cl. The molecule has 17 heavy (non-hydrogen) atoms. The van der Waals surface area contributed by atoms with Gasteiger partial charge in [-0.2, -0.15) is 0 Å². The summed E-state index contributed by atoms with van der Waals surface area (Å²) in [6.45, 7) is 3.79. The monoisotopic (exact) mass is 282 g/mol. The summed E-state index contributed by atoms with van der Waals surface area (Å²) in [6, 6.07) is -0.174. The molecule has 0 bridgehead atoms. The van der Waals surface area contributed by atoms with Crippen LogP contribution >= 0.6 is 12.4 Å². The standard InChI is InChI=1S/C10H18N2O3S.ClH/c1-8-7-16(14,15)5-4-12(8)10(13)9-2-3-11-6-9;/h8-9,11H,2-7H2,1H3;1H. The fraction of sp³-hybridized carbons (Fsp3) is 0.900. The molecule has 2 atom stereocenters. The van der Waals surface area contributed by atoms with Crippen LogP contribution in [-0.2, 0) is 14.6 Å². The highest BCUT2D eigenvalue weighted by atomic mass is 35.5. The lowest BCUT2D eigenvalue weighted by Gasteiger charge is -2.34. The summed E-state index contributed by atoms with van der Waals surface area (Å²) < 4.78 is 22.8. The molecule has 2 aliphatic heterocycles. The van der Waals surface area contributed by atoms with Crippen LogP contribution in [0.4, 0.5) is 0 Å². The summed E-state index contributed by atoms with van der Waals surface area (Å²) >= 11 is 0. The summed E-state index contributed by atoms with van der Waals surface area (Å²) in [7, 11) is -2.93. The quantitative estimate of drug-likeness (QED) is 0.715. The molecule has 0 aromatic carbocycles. The lowest BCUT2D eigenvalue weighted by Crippen LogP contribution is -2.51. The lowest BCUT2D eigenvalue weighted by molar-refractivity contribution is -0.136. The first-order valence-electron chi connectivity index (χ1n) is 5.71. The fourth-order valence-electron chi connectivity index (χ4n) is 2.43. The number of carbonyl (C=O) groups excluding carboxylic acids is 1. The van der Waals surface area contributed by atoms with Crippen LogP contribution in [0.2, 0.25) is 0 Å². The molecule has 2 unspecified atom stereocenters. The van der Waals surface area contributed by atoms with Crippen molar-refractivity contribution in [3.8, 4) is 0 Å². The second-order valence-electron chi connectivity index (χ2n) is 4.68. The summed E-state index contributed by atoms with van der Waals surface area (Å²) in [6.07, 6.45) is 0.870. The number of carbonyl (C=O) groups is 1. The minimum absolute atomic E-state index is 0. The van der Waals surface area contributed by atoms with Crippen molar-refractivity contribution in [2.45, 2.75) is 19.4 Å². The third kappa shape index (κ3) is 3.33. The maximum absolute atomic E-state index is 12.1. The molecule has 0 aliphatic carbocycles. The minimum Gasteiger partial charge on any atom is -0.338 e. The molecule has 2 aliphatic rings. The molecular weight excluding hydrogens is 264 g/mol. The molecule has 0 aromatic rings. The van der Waals surface area contributed by atoms with Gasteiger partial charge in [-0.1, -0.05) is 0 Å². The largest absolute Gasteiger partial charge is 0.338 e. The van der Waals surface area contributed by atoms with Gasteiger partial charge in [0.2, 0.25) is 5.91 Å². The Balaban J connectivity index is 0.00000144. The zero-order chi connectivity index (χ0) is 11.8. The van der Waals surface area contributed by atoms with Crippen molar-refractivity contribution in [1.82, 2.24) is 10.2 Å². The highest BCUT2D eigenvalue weighted by Gasteiger charge is 2.35. The van der Waals surface area contributed by atoms with Crippen LogP contribution in [0.5, 0.6) is 0 Å². The van der Waals surface area contributed by atoms with Crippen molar-refractivity contribution in [3.05, 3.63) is 0 Å². The van der Waals surface area contributed by atoms with Gasteiger partial charge in [-0.15, -0.1) is 12.4 Å². The zero-order valence-electron chi connectivity index (χ0n) is 9.89. The van der Waals surface area contributed by atoms with Crippen LogP contribution in [0.15, 0.2) is 0 Å². The smallest absolute Gasteiger partial charge is 0.227 e. The van der Waals surface area contributed by atoms with E-state index < -0.39 is 9.84 Å². The molecule has 2 heterocycles. The van der Waals surface area contributed by atoms with Crippen molar-refractivity contribution in [3.63, 3.8) is 0 Å². The van der Waals surface area contributed by atoms with Gasteiger partial charge in [0.25, 0.3) is 0 Å². The molecule has 0 saturated carbocycles. The Labute approximate surface area is 108 Å². The molecule has 0 radical (unpaired) electrons. The van der Waals surface area contributed by atoms with Gasteiger partial charge in [-0.3, -0.25) is 4.79 Å². The number of nitrogens with one attached hydrogen (secondary N) is 1. The number of rotatable bonds is 1. The molecule has 100 valence electrons. The van der Waals surface area contributed by atoms with Crippen LogP contribution in [-0.4, -0.2) is 56.4 Å². The fourth-order valence-corrected chi connectivity index (χ4v) is 3.98. The van der Waals surface area contributed by atoms with Gasteiger partial charge in [0, 0.05) is 19.1 Å². The minimum atomic E-state index is -2.93. The van der Waals surface area contributed by atoms with Gasteiger partial charge in [0.15, 0.2) is 9.84 Å². The van der Waals surface area contributed by atoms with E-state index in [1.807, 2.05) is 6.92 Å². The number of hydrogen-bond donors (Lipinski definition) is 1. The highest BCUT2D eigenvalue weighted by Crippen LogP contribution is 2.18. The van der Waals surface area contributed by atoms with Crippen LogP contribution in [0.25, 0.3) is 0 Å². The second-order valence-corrected chi connectivity index (χ2v) is 6.91. The van der Waals surface area contributed by atoms with Gasteiger partial charge in [0.1, 0.15) is 0 Å². The number of nitrogens with zero attached hydrogens (tertiary/aromatic N) is 1. The van der Waals surface area contributed by atoms with Gasteiger partial charge >= 0.3 is 0 Å². The Morgan fingerprint density at radius 1 is 1.41 bits per heavy atom. The van der Waals surface area contributed by atoms with E-state index in [1.165, 1.54) is 0 Å². The Bertz CT molecular complexity index is 379. The highest BCUT2D eigenvalue weighted by molar-refractivity contribution is 7.91. The number of hydrogen-bond acceptors (Lipinski definition) is 4. The second kappa shape index (κ2) is 5.54. The van der Waals surface area contributed by atoms with Gasteiger partial charge < -0.3 is 10.2 Å². The Morgan fingerprint density at radius 2 is 2.12 bits per heavy atom. The third-order valence-corrected chi connectivity index (χ3v) is 5.16. The first-order chi connectivity index (χ1) is 7.49. The van der Waals surface area contributed by atoms with E-state index in [9.17, 15) is 13.2 Å². The van der Waals surface area contributed by atoms with Gasteiger partial charge in [-0.05, 0) is 19.9 Å². The molecule has 2 fully saturated rings. The van der Waals surface area contributed by atoms with Crippen molar-refractivity contribution in [2.24, 2.45) is 5.92 Å². The Hall–Kier alpha value is -0.330. The predicted octanol–water partition coefficient (Wildman–Crippen LogP) is -0.337. The third-order valence-electron chi connectivity index (χ3n) is 3.36. The van der Waals surface area contributed by atoms with Crippen molar-refractivity contribution in [2.75, 3.05) is 31.1 Å². The summed E-state index contributed by atoms with van der Waals surface area (Å²) in [5, 5.41) is 3.16. The van der Waals surface area contributed by atoms with E-state index in [-0.39, 0.29) is 41.8 Å². The first-order valence-corrected chi connectivity index (χ1v) is 7.53. The predicted molar refractivity (Wildman–Crippen MR) is 68.1 cm³/mol. The van der Waals surface area contributed by atoms with Crippen LogP contribution in [0.1, 0.15) is 13.3 Å². The van der Waals surface area contributed by atoms with E-state index in [2.05, 4.69) is 5.32 Å². The van der Waals surface area contributed by atoms with Crippen molar-refractivity contribution in [1.29, 1.82) is 0 Å². The molecule has 0 aromatic heterocycles. The summed E-state index contributed by atoms with van der Waals surface area (Å²) in [5.74, 6) is 0.387. The first kappa shape index (κ1) is 14.7. The maximum atomic E-state index is 12.1. The summed E-state index contributed by atoms with van der Waals surface area (Å²) in [5.41, 5.74) is 0. The Morgan fingerprint density at radius 3 is 2.65 bits per heavy atom. The average molecular weight is 283 g/mol. The molecule has 1 N–H and O–H groups in total. The lowest BCUT2D eigenvalue weighted by atomic mass is 10.1. The van der Waals surface area contributed by atoms with Crippen LogP contribution in [0.3, 0.4) is 0 Å². The van der Waals surface area contributed by atoms with Crippen LogP contribution in [0, 0.1) is 5.92 Å². The molecule has 1 amide bonds. The molecule has 7 heteroatoms. The van der Waals surface area contributed by atoms with Gasteiger partial charge in [0.05, 0.1) is 17.4 Å². The molecule has 0 spiro atoms. The van der Waals surface area contributed by atoms with E-state index >= 15 is 0 Å². The molecule has 5 nitrogen and oxygen atoms in total. The normalized spacial score (nSPS) is 31.9. The number of halogens is 1. The van der Waals surface area contributed by atoms with E-state index in [0.29, 0.717) is 6.54 Å². The molecule has 2 rings (SSSR count). The average Bonchev–Trinajstić information content (AvgIpc) is 2.68. The Kier molecular flexibility index (Phi) is 4.80. The van der Waals surface area contributed by atoms with Gasteiger partial charge in [-0.25, -0.2) is 8.42 Å². The topological polar surface area (TPSA) is 66.5 Å². The number of amides is 1. The van der Waals surface area contributed by atoms with Crippen LogP contribution < -0.4 is 5.32 Å². The van der Waals surface area contributed by atoms with Crippen molar-refractivity contribution >= 4 is 28.2 Å². The van der Waals surface area contributed by atoms with Crippen molar-refractivity contribution < 1.29 is 13.2 Å². The van der Waals surface area contributed by atoms with E-state index in [0.717, 1.165) is 19.5 Å². The molecular formula is C10H19ClN2O3S. The number of sulfone groups is 1. The maximum Gasteiger partial charge on any atom is 0.227 e. The van der Waals surface area contributed by atoms with E-state index in [1.54, 1.807) is 4.90 Å².